The molecule has 0 saturated carbocycles. The summed E-state index contributed by atoms with van der Waals surface area (Å²) >= 11 is 5.97. The summed E-state index contributed by atoms with van der Waals surface area (Å²) in [6, 6.07) is 7.78. The van der Waals surface area contributed by atoms with Crippen molar-refractivity contribution in [2.45, 2.75) is 25.2 Å². The highest BCUT2D eigenvalue weighted by molar-refractivity contribution is 6.30. The van der Waals surface area contributed by atoms with Crippen LogP contribution in [0.2, 0.25) is 5.02 Å². The monoisotopic (exact) mass is 346 g/mol. The largest absolute Gasteiger partial charge is 0.338 e. The first-order valence-corrected chi connectivity index (χ1v) is 8.74. The van der Waals surface area contributed by atoms with Crippen LogP contribution >= 0.6 is 11.6 Å². The van der Waals surface area contributed by atoms with E-state index in [4.69, 9.17) is 11.6 Å². The Balaban J connectivity index is 1.43. The number of nitrogens with zero attached hydrogens (tertiary/aromatic N) is 3. The zero-order valence-corrected chi connectivity index (χ0v) is 14.7. The number of aryl methyl sites for hydroxylation is 1. The Morgan fingerprint density at radius 3 is 2.83 bits per heavy atom. The van der Waals surface area contributed by atoms with E-state index in [0.717, 1.165) is 42.9 Å². The lowest BCUT2D eigenvalue weighted by Gasteiger charge is -2.32. The van der Waals surface area contributed by atoms with Crippen LogP contribution < -0.4 is 5.32 Å². The lowest BCUT2D eigenvalue weighted by molar-refractivity contribution is 0.180. The van der Waals surface area contributed by atoms with E-state index in [0.29, 0.717) is 12.5 Å². The van der Waals surface area contributed by atoms with E-state index in [2.05, 4.69) is 14.9 Å². The molecule has 1 fully saturated rings. The molecule has 128 valence electrons. The van der Waals surface area contributed by atoms with Gasteiger partial charge in [0.1, 0.15) is 0 Å². The first-order valence-electron chi connectivity index (χ1n) is 8.37. The van der Waals surface area contributed by atoms with E-state index in [9.17, 15) is 4.79 Å². The molecule has 0 radical (unpaired) electrons. The third-order valence-electron chi connectivity index (χ3n) is 4.63. The molecule has 0 bridgehead atoms. The normalized spacial score (nSPS) is 15.5. The Labute approximate surface area is 147 Å². The highest BCUT2D eigenvalue weighted by atomic mass is 35.5. The number of hydrogen-bond donors (Lipinski definition) is 1. The molecule has 5 nitrogen and oxygen atoms in total. The minimum atomic E-state index is 0.0282. The van der Waals surface area contributed by atoms with Gasteiger partial charge in [-0.05, 0) is 37.0 Å². The van der Waals surface area contributed by atoms with Crippen molar-refractivity contribution in [3.63, 3.8) is 0 Å². The fourth-order valence-electron chi connectivity index (χ4n) is 3.26. The summed E-state index contributed by atoms with van der Waals surface area (Å²) in [6.45, 7) is 2.21. The predicted molar refractivity (Wildman–Crippen MR) is 95.3 cm³/mol. The van der Waals surface area contributed by atoms with Gasteiger partial charge in [0.25, 0.3) is 0 Å². The summed E-state index contributed by atoms with van der Waals surface area (Å²) in [6.07, 6.45) is 6.54. The molecule has 0 aliphatic carbocycles. The Kier molecular flexibility index (Phi) is 5.41. The Hall–Kier alpha value is -2.01. The van der Waals surface area contributed by atoms with Crippen molar-refractivity contribution in [2.24, 2.45) is 7.05 Å². The minimum absolute atomic E-state index is 0.0282. The molecule has 1 aliphatic rings. The van der Waals surface area contributed by atoms with Gasteiger partial charge in [0.15, 0.2) is 0 Å². The Morgan fingerprint density at radius 1 is 1.38 bits per heavy atom. The highest BCUT2D eigenvalue weighted by Crippen LogP contribution is 2.27. The molecule has 2 aromatic rings. The van der Waals surface area contributed by atoms with Crippen molar-refractivity contribution in [2.75, 3.05) is 19.6 Å². The average Bonchev–Trinajstić information content (AvgIpc) is 3.01. The second-order valence-electron chi connectivity index (χ2n) is 6.30. The maximum Gasteiger partial charge on any atom is 0.317 e. The standard InChI is InChI=1S/C18H23ClN4O/c1-22-13-20-12-17(22)15-6-9-23(10-7-15)18(24)21-8-5-14-3-2-4-16(19)11-14/h2-4,11-13,15H,5-10H2,1H3,(H,21,24). The van der Waals surface area contributed by atoms with Gasteiger partial charge in [-0.25, -0.2) is 9.78 Å². The molecule has 0 unspecified atom stereocenters. The fourth-order valence-corrected chi connectivity index (χ4v) is 3.47. The molecule has 24 heavy (non-hydrogen) atoms. The number of piperidine rings is 1. The number of benzene rings is 1. The number of rotatable bonds is 4. The molecule has 1 aromatic carbocycles. The van der Waals surface area contributed by atoms with Crippen LogP contribution in [-0.4, -0.2) is 40.1 Å². The summed E-state index contributed by atoms with van der Waals surface area (Å²) in [4.78, 5) is 18.4. The van der Waals surface area contributed by atoms with Gasteiger partial charge in [-0.15, -0.1) is 0 Å². The number of halogens is 1. The molecule has 2 heterocycles. The number of likely N-dealkylation sites (tertiary alicyclic amines) is 1. The Morgan fingerprint density at radius 2 is 2.17 bits per heavy atom. The van der Waals surface area contributed by atoms with E-state index in [1.165, 1.54) is 5.69 Å². The maximum absolute atomic E-state index is 12.3. The average molecular weight is 347 g/mol. The SMILES string of the molecule is Cn1cncc1C1CCN(C(=O)NCCc2cccc(Cl)c2)CC1. The topological polar surface area (TPSA) is 50.2 Å². The van der Waals surface area contributed by atoms with Gasteiger partial charge in [-0.3, -0.25) is 0 Å². The molecule has 1 saturated heterocycles. The summed E-state index contributed by atoms with van der Waals surface area (Å²) in [5, 5.41) is 3.74. The van der Waals surface area contributed by atoms with E-state index in [-0.39, 0.29) is 6.03 Å². The van der Waals surface area contributed by atoms with Crippen LogP contribution in [0.5, 0.6) is 0 Å². The van der Waals surface area contributed by atoms with Crippen molar-refractivity contribution < 1.29 is 4.79 Å². The van der Waals surface area contributed by atoms with Crippen molar-refractivity contribution in [1.82, 2.24) is 19.8 Å². The van der Waals surface area contributed by atoms with Crippen LogP contribution in [0, 0.1) is 0 Å². The smallest absolute Gasteiger partial charge is 0.317 e. The number of urea groups is 1. The number of nitrogens with one attached hydrogen (secondary N) is 1. The molecule has 0 atom stereocenters. The van der Waals surface area contributed by atoms with Crippen molar-refractivity contribution >= 4 is 17.6 Å². The number of carbonyl (C=O) groups excluding carboxylic acids is 1. The minimum Gasteiger partial charge on any atom is -0.338 e. The molecule has 6 heteroatoms. The third kappa shape index (κ3) is 4.09. The zero-order chi connectivity index (χ0) is 16.9. The fraction of sp³-hybridized carbons (Fsp3) is 0.444. The lowest BCUT2D eigenvalue weighted by atomic mass is 9.94. The number of amides is 2. The van der Waals surface area contributed by atoms with Gasteiger partial charge in [0.05, 0.1) is 6.33 Å². The van der Waals surface area contributed by atoms with Crippen molar-refractivity contribution in [3.05, 3.63) is 53.1 Å². The second-order valence-corrected chi connectivity index (χ2v) is 6.74. The Bertz CT molecular complexity index is 692. The number of carbonyl (C=O) groups is 1. The molecule has 0 spiro atoms. The summed E-state index contributed by atoms with van der Waals surface area (Å²) in [7, 11) is 2.03. The van der Waals surface area contributed by atoms with Gasteiger partial charge < -0.3 is 14.8 Å². The molecular formula is C18H23ClN4O. The predicted octanol–water partition coefficient (Wildman–Crippen LogP) is 3.21. The second kappa shape index (κ2) is 7.71. The zero-order valence-electron chi connectivity index (χ0n) is 13.9. The van der Waals surface area contributed by atoms with E-state index in [1.807, 2.05) is 48.7 Å². The van der Waals surface area contributed by atoms with Crippen molar-refractivity contribution in [1.29, 1.82) is 0 Å². The highest BCUT2D eigenvalue weighted by Gasteiger charge is 2.25. The summed E-state index contributed by atoms with van der Waals surface area (Å²) < 4.78 is 2.07. The first-order chi connectivity index (χ1) is 11.6. The van der Waals surface area contributed by atoms with E-state index >= 15 is 0 Å². The van der Waals surface area contributed by atoms with E-state index in [1.54, 1.807) is 0 Å². The van der Waals surface area contributed by atoms with Crippen molar-refractivity contribution in [3.8, 4) is 0 Å². The maximum atomic E-state index is 12.3. The number of imidazole rings is 1. The van der Waals surface area contributed by atoms with Gasteiger partial charge in [0.2, 0.25) is 0 Å². The molecule has 2 amide bonds. The van der Waals surface area contributed by atoms with Gasteiger partial charge in [-0.2, -0.15) is 0 Å². The van der Waals surface area contributed by atoms with Gasteiger partial charge in [0, 0.05) is 49.5 Å². The molecular weight excluding hydrogens is 324 g/mol. The molecule has 1 aliphatic heterocycles. The van der Waals surface area contributed by atoms with Crippen LogP contribution in [-0.2, 0) is 13.5 Å². The summed E-state index contributed by atoms with van der Waals surface area (Å²) in [5.74, 6) is 0.494. The third-order valence-corrected chi connectivity index (χ3v) is 4.87. The van der Waals surface area contributed by atoms with Crippen LogP contribution in [0.4, 0.5) is 4.79 Å². The summed E-state index contributed by atoms with van der Waals surface area (Å²) in [5.41, 5.74) is 2.40. The molecule has 3 rings (SSSR count). The molecule has 1 N–H and O–H groups in total. The van der Waals surface area contributed by atoms with Gasteiger partial charge in [-0.1, -0.05) is 23.7 Å². The van der Waals surface area contributed by atoms with Crippen LogP contribution in [0.3, 0.4) is 0 Å². The number of aromatic nitrogens is 2. The van der Waals surface area contributed by atoms with Crippen LogP contribution in [0.1, 0.15) is 30.0 Å². The first kappa shape index (κ1) is 16.8. The quantitative estimate of drug-likeness (QED) is 0.924. The van der Waals surface area contributed by atoms with Crippen LogP contribution in [0.15, 0.2) is 36.8 Å². The van der Waals surface area contributed by atoms with Crippen LogP contribution in [0.25, 0.3) is 0 Å². The lowest BCUT2D eigenvalue weighted by Crippen LogP contribution is -2.44. The molecule has 1 aromatic heterocycles. The number of hydrogen-bond acceptors (Lipinski definition) is 2. The van der Waals surface area contributed by atoms with E-state index < -0.39 is 0 Å². The van der Waals surface area contributed by atoms with Gasteiger partial charge >= 0.3 is 6.03 Å².